The first kappa shape index (κ1) is 11.4. The van der Waals surface area contributed by atoms with Crippen molar-refractivity contribution in [3.05, 3.63) is 0 Å². The third kappa shape index (κ3) is 3.79. The van der Waals surface area contributed by atoms with Crippen LogP contribution in [0.15, 0.2) is 0 Å². The lowest BCUT2D eigenvalue weighted by atomic mass is 9.87. The fraction of sp³-hybridized carbons (Fsp3) is 1.00. The molecule has 0 aromatic rings. The van der Waals surface area contributed by atoms with E-state index in [2.05, 4.69) is 12.2 Å². The van der Waals surface area contributed by atoms with E-state index in [1.807, 2.05) is 0 Å². The molecule has 0 radical (unpaired) electrons. The molecular formula is C14H27N. The van der Waals surface area contributed by atoms with Gasteiger partial charge in [0.15, 0.2) is 0 Å². The second kappa shape index (κ2) is 5.89. The van der Waals surface area contributed by atoms with Gasteiger partial charge in [0.05, 0.1) is 0 Å². The normalized spacial score (nSPS) is 33.4. The molecule has 0 bridgehead atoms. The minimum Gasteiger partial charge on any atom is -0.314 e. The molecule has 15 heavy (non-hydrogen) atoms. The van der Waals surface area contributed by atoms with E-state index in [-0.39, 0.29) is 0 Å². The predicted octanol–water partition coefficient (Wildman–Crippen LogP) is 3.74. The molecule has 0 aromatic heterocycles. The quantitative estimate of drug-likeness (QED) is 0.744. The molecule has 0 aromatic carbocycles. The standard InChI is InChI=1S/C14H27N/c1-12-6-8-14(9-7-12)15-11-10-13-4-2-3-5-13/h12-15H,2-11H2,1H3. The summed E-state index contributed by atoms with van der Waals surface area (Å²) >= 11 is 0. The van der Waals surface area contributed by atoms with Crippen LogP contribution in [0.4, 0.5) is 0 Å². The molecule has 2 aliphatic carbocycles. The van der Waals surface area contributed by atoms with Crippen LogP contribution in [0.5, 0.6) is 0 Å². The Bertz CT molecular complexity index is 164. The molecule has 1 N–H and O–H groups in total. The minimum atomic E-state index is 0.850. The van der Waals surface area contributed by atoms with Gasteiger partial charge in [0, 0.05) is 6.04 Å². The van der Waals surface area contributed by atoms with Crippen LogP contribution >= 0.6 is 0 Å². The molecule has 88 valence electrons. The molecule has 0 spiro atoms. The zero-order valence-corrected chi connectivity index (χ0v) is 10.3. The predicted molar refractivity (Wildman–Crippen MR) is 66.0 cm³/mol. The van der Waals surface area contributed by atoms with Crippen LogP contribution in [0.2, 0.25) is 0 Å². The Morgan fingerprint density at radius 2 is 1.60 bits per heavy atom. The third-order valence-electron chi connectivity index (χ3n) is 4.48. The number of nitrogens with one attached hydrogen (secondary N) is 1. The van der Waals surface area contributed by atoms with Gasteiger partial charge in [-0.05, 0) is 50.5 Å². The van der Waals surface area contributed by atoms with Crippen molar-refractivity contribution >= 4 is 0 Å². The third-order valence-corrected chi connectivity index (χ3v) is 4.48. The average molecular weight is 209 g/mol. The molecule has 2 fully saturated rings. The lowest BCUT2D eigenvalue weighted by Gasteiger charge is -2.27. The highest BCUT2D eigenvalue weighted by Gasteiger charge is 2.18. The second-order valence-corrected chi connectivity index (χ2v) is 5.85. The van der Waals surface area contributed by atoms with Crippen molar-refractivity contribution in [3.8, 4) is 0 Å². The highest BCUT2D eigenvalue weighted by molar-refractivity contribution is 4.76. The zero-order valence-electron chi connectivity index (χ0n) is 10.3. The Morgan fingerprint density at radius 1 is 0.933 bits per heavy atom. The van der Waals surface area contributed by atoms with Crippen molar-refractivity contribution in [2.75, 3.05) is 6.54 Å². The highest BCUT2D eigenvalue weighted by Crippen LogP contribution is 2.27. The van der Waals surface area contributed by atoms with Crippen LogP contribution in [0.25, 0.3) is 0 Å². The molecule has 2 aliphatic rings. The van der Waals surface area contributed by atoms with E-state index in [0.29, 0.717) is 0 Å². The van der Waals surface area contributed by atoms with Gasteiger partial charge in [0.1, 0.15) is 0 Å². The van der Waals surface area contributed by atoms with Gasteiger partial charge >= 0.3 is 0 Å². The van der Waals surface area contributed by atoms with E-state index >= 15 is 0 Å². The Labute approximate surface area is 95.0 Å². The molecule has 0 amide bonds. The van der Waals surface area contributed by atoms with E-state index in [9.17, 15) is 0 Å². The second-order valence-electron chi connectivity index (χ2n) is 5.85. The largest absolute Gasteiger partial charge is 0.314 e. The van der Waals surface area contributed by atoms with Gasteiger partial charge in [0.2, 0.25) is 0 Å². The van der Waals surface area contributed by atoms with Gasteiger partial charge in [-0.3, -0.25) is 0 Å². The van der Waals surface area contributed by atoms with Gasteiger partial charge in [-0.2, -0.15) is 0 Å². The summed E-state index contributed by atoms with van der Waals surface area (Å²) in [4.78, 5) is 0. The summed E-state index contributed by atoms with van der Waals surface area (Å²) in [5.74, 6) is 2.04. The van der Waals surface area contributed by atoms with Crippen molar-refractivity contribution in [2.45, 2.75) is 70.8 Å². The van der Waals surface area contributed by atoms with Crippen molar-refractivity contribution < 1.29 is 0 Å². The highest BCUT2D eigenvalue weighted by atomic mass is 14.9. The summed E-state index contributed by atoms with van der Waals surface area (Å²) in [6, 6.07) is 0.850. The smallest absolute Gasteiger partial charge is 0.00672 e. The molecule has 2 saturated carbocycles. The van der Waals surface area contributed by atoms with Crippen LogP contribution in [-0.2, 0) is 0 Å². The first-order valence-corrected chi connectivity index (χ1v) is 7.08. The van der Waals surface area contributed by atoms with Crippen molar-refractivity contribution in [3.63, 3.8) is 0 Å². The lowest BCUT2D eigenvalue weighted by Crippen LogP contribution is -2.33. The number of rotatable bonds is 4. The summed E-state index contributed by atoms with van der Waals surface area (Å²) in [7, 11) is 0. The van der Waals surface area contributed by atoms with Gasteiger partial charge < -0.3 is 5.32 Å². The Kier molecular flexibility index (Phi) is 4.49. The van der Waals surface area contributed by atoms with E-state index < -0.39 is 0 Å². The molecular weight excluding hydrogens is 182 g/mol. The summed E-state index contributed by atoms with van der Waals surface area (Å²) in [6.07, 6.45) is 13.2. The van der Waals surface area contributed by atoms with E-state index in [1.54, 1.807) is 0 Å². The molecule has 0 atom stereocenters. The number of hydrogen-bond acceptors (Lipinski definition) is 1. The van der Waals surface area contributed by atoms with Gasteiger partial charge in [-0.1, -0.05) is 32.6 Å². The van der Waals surface area contributed by atoms with Crippen LogP contribution in [0, 0.1) is 11.8 Å². The SMILES string of the molecule is CC1CCC(NCCC2CCCC2)CC1. The molecule has 0 heterocycles. The molecule has 1 heteroatoms. The fourth-order valence-electron chi connectivity index (χ4n) is 3.25. The Morgan fingerprint density at radius 3 is 2.27 bits per heavy atom. The first-order chi connectivity index (χ1) is 7.34. The van der Waals surface area contributed by atoms with Gasteiger partial charge in [0.25, 0.3) is 0 Å². The van der Waals surface area contributed by atoms with E-state index in [0.717, 1.165) is 17.9 Å². The van der Waals surface area contributed by atoms with Crippen LogP contribution in [-0.4, -0.2) is 12.6 Å². The summed E-state index contributed by atoms with van der Waals surface area (Å²) in [5, 5.41) is 3.77. The molecule has 0 saturated heterocycles. The first-order valence-electron chi connectivity index (χ1n) is 7.08. The minimum absolute atomic E-state index is 0.850. The van der Waals surface area contributed by atoms with E-state index in [1.165, 1.54) is 64.3 Å². The number of hydrogen-bond donors (Lipinski definition) is 1. The maximum atomic E-state index is 3.77. The van der Waals surface area contributed by atoms with Crippen molar-refractivity contribution in [1.82, 2.24) is 5.32 Å². The summed E-state index contributed by atoms with van der Waals surface area (Å²) < 4.78 is 0. The fourth-order valence-corrected chi connectivity index (χ4v) is 3.25. The summed E-state index contributed by atoms with van der Waals surface area (Å²) in [6.45, 7) is 3.68. The Hall–Kier alpha value is -0.0400. The van der Waals surface area contributed by atoms with Crippen LogP contribution in [0.3, 0.4) is 0 Å². The average Bonchev–Trinajstić information content (AvgIpc) is 2.74. The van der Waals surface area contributed by atoms with Gasteiger partial charge in [-0.15, -0.1) is 0 Å². The zero-order chi connectivity index (χ0) is 10.5. The maximum absolute atomic E-state index is 3.77. The molecule has 0 aliphatic heterocycles. The topological polar surface area (TPSA) is 12.0 Å². The summed E-state index contributed by atoms with van der Waals surface area (Å²) in [5.41, 5.74) is 0. The van der Waals surface area contributed by atoms with Gasteiger partial charge in [-0.25, -0.2) is 0 Å². The monoisotopic (exact) mass is 209 g/mol. The molecule has 0 unspecified atom stereocenters. The Balaban J connectivity index is 1.53. The van der Waals surface area contributed by atoms with Crippen molar-refractivity contribution in [2.24, 2.45) is 11.8 Å². The molecule has 1 nitrogen and oxygen atoms in total. The van der Waals surface area contributed by atoms with Crippen LogP contribution in [0.1, 0.15) is 64.7 Å². The van der Waals surface area contributed by atoms with E-state index in [4.69, 9.17) is 0 Å². The van der Waals surface area contributed by atoms with Crippen LogP contribution < -0.4 is 5.32 Å². The van der Waals surface area contributed by atoms with Crippen molar-refractivity contribution in [1.29, 1.82) is 0 Å². The lowest BCUT2D eigenvalue weighted by molar-refractivity contribution is 0.301. The molecule has 2 rings (SSSR count). The maximum Gasteiger partial charge on any atom is 0.00672 e.